The Balaban J connectivity index is 1.99. The van der Waals surface area contributed by atoms with Crippen LogP contribution < -0.4 is 5.32 Å². The summed E-state index contributed by atoms with van der Waals surface area (Å²) in [5, 5.41) is 3.18. The second-order valence-corrected chi connectivity index (χ2v) is 3.61. The monoisotopic (exact) mass is 237 g/mol. The SMILES string of the molecule is CCCOC(=O)OCCNCc1ccccc1. The number of rotatable bonds is 7. The van der Waals surface area contributed by atoms with Crippen molar-refractivity contribution >= 4 is 6.16 Å². The van der Waals surface area contributed by atoms with Gasteiger partial charge in [-0.1, -0.05) is 37.3 Å². The Morgan fingerprint density at radius 3 is 2.59 bits per heavy atom. The summed E-state index contributed by atoms with van der Waals surface area (Å²) in [5.41, 5.74) is 1.21. The van der Waals surface area contributed by atoms with Gasteiger partial charge < -0.3 is 14.8 Å². The standard InChI is InChI=1S/C13H19NO3/c1-2-9-16-13(15)17-10-8-14-11-12-6-4-3-5-7-12/h3-7,14H,2,8-11H2,1H3. The van der Waals surface area contributed by atoms with E-state index in [-0.39, 0.29) is 0 Å². The number of carbonyl (C=O) groups is 1. The Labute approximate surface area is 102 Å². The molecule has 0 aromatic heterocycles. The summed E-state index contributed by atoms with van der Waals surface area (Å²) in [7, 11) is 0. The predicted molar refractivity (Wildman–Crippen MR) is 65.7 cm³/mol. The summed E-state index contributed by atoms with van der Waals surface area (Å²) in [5.74, 6) is 0. The fourth-order valence-electron chi connectivity index (χ4n) is 1.26. The normalized spacial score (nSPS) is 9.94. The van der Waals surface area contributed by atoms with Crippen molar-refractivity contribution in [1.82, 2.24) is 5.32 Å². The Bertz CT molecular complexity index is 314. The van der Waals surface area contributed by atoms with E-state index in [9.17, 15) is 4.79 Å². The molecule has 0 aliphatic carbocycles. The summed E-state index contributed by atoms with van der Waals surface area (Å²) in [6, 6.07) is 10.1. The Kier molecular flexibility index (Phi) is 6.82. The van der Waals surface area contributed by atoms with E-state index >= 15 is 0 Å². The minimum atomic E-state index is -0.589. The predicted octanol–water partition coefficient (Wildman–Crippen LogP) is 2.34. The molecule has 4 heteroatoms. The summed E-state index contributed by atoms with van der Waals surface area (Å²) in [6.07, 6.45) is 0.217. The highest BCUT2D eigenvalue weighted by atomic mass is 16.7. The van der Waals surface area contributed by atoms with E-state index < -0.39 is 6.16 Å². The molecule has 0 radical (unpaired) electrons. The molecule has 1 aromatic carbocycles. The highest BCUT2D eigenvalue weighted by Crippen LogP contribution is 1.96. The van der Waals surface area contributed by atoms with Gasteiger partial charge in [0.2, 0.25) is 0 Å². The van der Waals surface area contributed by atoms with E-state index in [2.05, 4.69) is 5.32 Å². The molecule has 1 rings (SSSR count). The molecular formula is C13H19NO3. The third kappa shape index (κ3) is 6.58. The van der Waals surface area contributed by atoms with E-state index in [4.69, 9.17) is 9.47 Å². The maximum Gasteiger partial charge on any atom is 0.508 e. The van der Waals surface area contributed by atoms with Crippen LogP contribution in [0.25, 0.3) is 0 Å². The molecule has 0 atom stereocenters. The molecule has 94 valence electrons. The Hall–Kier alpha value is -1.55. The maximum absolute atomic E-state index is 11.0. The average molecular weight is 237 g/mol. The number of carbonyl (C=O) groups excluding carboxylic acids is 1. The zero-order chi connectivity index (χ0) is 12.3. The second-order valence-electron chi connectivity index (χ2n) is 3.61. The van der Waals surface area contributed by atoms with Crippen LogP contribution in [0.15, 0.2) is 30.3 Å². The first-order chi connectivity index (χ1) is 8.33. The molecule has 0 bridgehead atoms. The number of benzene rings is 1. The lowest BCUT2D eigenvalue weighted by Gasteiger charge is -2.06. The van der Waals surface area contributed by atoms with Crippen molar-refractivity contribution in [3.05, 3.63) is 35.9 Å². The molecule has 0 heterocycles. The van der Waals surface area contributed by atoms with Gasteiger partial charge in [0.25, 0.3) is 0 Å². The van der Waals surface area contributed by atoms with Gasteiger partial charge in [0, 0.05) is 13.1 Å². The summed E-state index contributed by atoms with van der Waals surface area (Å²) in [6.45, 7) is 4.07. The first-order valence-electron chi connectivity index (χ1n) is 5.87. The van der Waals surface area contributed by atoms with Gasteiger partial charge in [-0.05, 0) is 12.0 Å². The molecule has 1 N–H and O–H groups in total. The van der Waals surface area contributed by atoms with E-state index in [1.54, 1.807) is 0 Å². The van der Waals surface area contributed by atoms with E-state index in [0.29, 0.717) is 19.8 Å². The number of hydrogen-bond donors (Lipinski definition) is 1. The van der Waals surface area contributed by atoms with Crippen LogP contribution in [0.1, 0.15) is 18.9 Å². The van der Waals surface area contributed by atoms with Crippen molar-refractivity contribution in [2.24, 2.45) is 0 Å². The molecule has 0 spiro atoms. The lowest BCUT2D eigenvalue weighted by Crippen LogP contribution is -2.21. The third-order valence-corrected chi connectivity index (χ3v) is 2.09. The Morgan fingerprint density at radius 2 is 1.88 bits per heavy atom. The van der Waals surface area contributed by atoms with Crippen molar-refractivity contribution in [1.29, 1.82) is 0 Å². The highest BCUT2D eigenvalue weighted by molar-refractivity contribution is 5.59. The molecule has 0 amide bonds. The molecule has 1 aromatic rings. The third-order valence-electron chi connectivity index (χ3n) is 2.09. The van der Waals surface area contributed by atoms with Gasteiger partial charge in [-0.15, -0.1) is 0 Å². The van der Waals surface area contributed by atoms with Crippen LogP contribution >= 0.6 is 0 Å². The minimum Gasteiger partial charge on any atom is -0.434 e. The van der Waals surface area contributed by atoms with Crippen LogP contribution in [-0.2, 0) is 16.0 Å². The fraction of sp³-hybridized carbons (Fsp3) is 0.462. The van der Waals surface area contributed by atoms with Gasteiger partial charge in [-0.2, -0.15) is 0 Å². The smallest absolute Gasteiger partial charge is 0.434 e. The second kappa shape index (κ2) is 8.58. The molecule has 0 saturated carbocycles. The van der Waals surface area contributed by atoms with Crippen molar-refractivity contribution in [2.45, 2.75) is 19.9 Å². The number of nitrogens with one attached hydrogen (secondary N) is 1. The van der Waals surface area contributed by atoms with Gasteiger partial charge in [-0.3, -0.25) is 0 Å². The van der Waals surface area contributed by atoms with Crippen molar-refractivity contribution in [2.75, 3.05) is 19.8 Å². The van der Waals surface area contributed by atoms with Crippen LogP contribution in [0.3, 0.4) is 0 Å². The summed E-state index contributed by atoms with van der Waals surface area (Å²) in [4.78, 5) is 11.0. The van der Waals surface area contributed by atoms with Crippen molar-refractivity contribution in [3.8, 4) is 0 Å². The van der Waals surface area contributed by atoms with Crippen LogP contribution in [-0.4, -0.2) is 25.9 Å². The molecule has 0 aliphatic rings. The molecule has 0 aliphatic heterocycles. The van der Waals surface area contributed by atoms with Crippen molar-refractivity contribution in [3.63, 3.8) is 0 Å². The lowest BCUT2D eigenvalue weighted by atomic mass is 10.2. The maximum atomic E-state index is 11.0. The first kappa shape index (κ1) is 13.5. The van der Waals surface area contributed by atoms with Crippen molar-refractivity contribution < 1.29 is 14.3 Å². The first-order valence-corrected chi connectivity index (χ1v) is 5.87. The topological polar surface area (TPSA) is 47.6 Å². The molecular weight excluding hydrogens is 218 g/mol. The molecule has 4 nitrogen and oxygen atoms in total. The summed E-state index contributed by atoms with van der Waals surface area (Å²) < 4.78 is 9.63. The van der Waals surface area contributed by atoms with Gasteiger partial charge in [-0.25, -0.2) is 4.79 Å². The molecule has 0 unspecified atom stereocenters. The zero-order valence-corrected chi connectivity index (χ0v) is 10.1. The van der Waals surface area contributed by atoms with Gasteiger partial charge >= 0.3 is 6.16 Å². The van der Waals surface area contributed by atoms with E-state index in [0.717, 1.165) is 13.0 Å². The molecule has 0 saturated heterocycles. The van der Waals surface area contributed by atoms with Crippen LogP contribution in [0.4, 0.5) is 4.79 Å². The summed E-state index contributed by atoms with van der Waals surface area (Å²) >= 11 is 0. The minimum absolute atomic E-state index is 0.329. The number of hydrogen-bond acceptors (Lipinski definition) is 4. The van der Waals surface area contributed by atoms with Crippen LogP contribution in [0.2, 0.25) is 0 Å². The molecule has 17 heavy (non-hydrogen) atoms. The lowest BCUT2D eigenvalue weighted by molar-refractivity contribution is 0.0560. The quantitative estimate of drug-likeness (QED) is 0.584. The Morgan fingerprint density at radius 1 is 1.18 bits per heavy atom. The number of ether oxygens (including phenoxy) is 2. The van der Waals surface area contributed by atoms with Crippen LogP contribution in [0.5, 0.6) is 0 Å². The highest BCUT2D eigenvalue weighted by Gasteiger charge is 2.01. The average Bonchev–Trinajstić information content (AvgIpc) is 2.37. The zero-order valence-electron chi connectivity index (χ0n) is 10.1. The van der Waals surface area contributed by atoms with Gasteiger partial charge in [0.15, 0.2) is 0 Å². The van der Waals surface area contributed by atoms with Gasteiger partial charge in [0.1, 0.15) is 6.61 Å². The fourth-order valence-corrected chi connectivity index (χ4v) is 1.26. The van der Waals surface area contributed by atoms with E-state index in [1.807, 2.05) is 37.3 Å². The van der Waals surface area contributed by atoms with Crippen LogP contribution in [0, 0.1) is 0 Å². The van der Waals surface area contributed by atoms with Gasteiger partial charge in [0.05, 0.1) is 6.61 Å². The molecule has 0 fully saturated rings. The largest absolute Gasteiger partial charge is 0.508 e. The van der Waals surface area contributed by atoms with E-state index in [1.165, 1.54) is 5.56 Å².